The molecule has 7 heteroatoms. The first-order valence-corrected chi connectivity index (χ1v) is 11.6. The number of benzene rings is 1. The Morgan fingerprint density at radius 1 is 0.750 bits per heavy atom. The van der Waals surface area contributed by atoms with E-state index >= 15 is 0 Å². The maximum Gasteiger partial charge on any atom is 0.144 e. The van der Waals surface area contributed by atoms with E-state index in [0.717, 1.165) is 0 Å². The molecule has 0 bridgehead atoms. The van der Waals surface area contributed by atoms with Crippen LogP contribution in [-0.2, 0) is 19.2 Å². The van der Waals surface area contributed by atoms with Gasteiger partial charge in [-0.3, -0.25) is 19.2 Å². The lowest BCUT2D eigenvalue weighted by atomic mass is 9.59. The molecule has 0 atom stereocenters. The van der Waals surface area contributed by atoms with E-state index in [-0.39, 0.29) is 48.8 Å². The van der Waals surface area contributed by atoms with Gasteiger partial charge in [0.1, 0.15) is 34.6 Å². The molecule has 1 aromatic rings. The van der Waals surface area contributed by atoms with Crippen molar-refractivity contribution in [3.8, 4) is 11.5 Å². The maximum atomic E-state index is 13.3. The molecular formula is C25H31BrO6. The van der Waals surface area contributed by atoms with Crippen LogP contribution in [0.2, 0.25) is 0 Å². The van der Waals surface area contributed by atoms with Crippen LogP contribution in [-0.4, -0.2) is 37.4 Å². The zero-order chi connectivity index (χ0) is 24.0. The minimum absolute atomic E-state index is 0.222. The van der Waals surface area contributed by atoms with Gasteiger partial charge in [-0.2, -0.15) is 0 Å². The van der Waals surface area contributed by atoms with Crippen LogP contribution in [0, 0.1) is 22.7 Å². The first-order chi connectivity index (χ1) is 14.8. The SMILES string of the molecule is COc1cc(OC)c(C(C2C(=O)CC(C)(C)CC2=O)C2C(=O)CC(C)(C)CC2=O)cc1Br. The highest BCUT2D eigenvalue weighted by Crippen LogP contribution is 2.50. The minimum atomic E-state index is -1.06. The Morgan fingerprint density at radius 2 is 1.12 bits per heavy atom. The zero-order valence-electron chi connectivity index (χ0n) is 19.5. The summed E-state index contributed by atoms with van der Waals surface area (Å²) in [5.74, 6) is -3.04. The zero-order valence-corrected chi connectivity index (χ0v) is 21.1. The lowest BCUT2D eigenvalue weighted by molar-refractivity contribution is -0.145. The first kappa shape index (κ1) is 24.6. The van der Waals surface area contributed by atoms with E-state index < -0.39 is 28.6 Å². The highest BCUT2D eigenvalue weighted by Gasteiger charge is 2.52. The molecule has 0 saturated heterocycles. The quantitative estimate of drug-likeness (QED) is 0.537. The molecule has 0 N–H and O–H groups in total. The number of methoxy groups -OCH3 is 2. The predicted molar refractivity (Wildman–Crippen MR) is 123 cm³/mol. The van der Waals surface area contributed by atoms with Crippen LogP contribution in [0.4, 0.5) is 0 Å². The predicted octanol–water partition coefficient (Wildman–Crippen LogP) is 4.70. The fourth-order valence-corrected chi connectivity index (χ4v) is 5.83. The molecule has 2 aliphatic carbocycles. The molecule has 6 nitrogen and oxygen atoms in total. The number of rotatable bonds is 5. The van der Waals surface area contributed by atoms with Gasteiger partial charge in [0.25, 0.3) is 0 Å². The number of halogens is 1. The van der Waals surface area contributed by atoms with Crippen molar-refractivity contribution < 1.29 is 28.7 Å². The Labute approximate surface area is 197 Å². The second-order valence-electron chi connectivity index (χ2n) is 10.6. The summed E-state index contributed by atoms with van der Waals surface area (Å²) in [5.41, 5.74) is -0.386. The fourth-order valence-electron chi connectivity index (χ4n) is 5.31. The summed E-state index contributed by atoms with van der Waals surface area (Å²) in [4.78, 5) is 53.2. The monoisotopic (exact) mass is 506 g/mol. The number of hydrogen-bond acceptors (Lipinski definition) is 6. The Bertz CT molecular complexity index is 889. The largest absolute Gasteiger partial charge is 0.496 e. The molecule has 0 heterocycles. The molecule has 2 fully saturated rings. The van der Waals surface area contributed by atoms with Gasteiger partial charge in [-0.15, -0.1) is 0 Å². The maximum absolute atomic E-state index is 13.3. The van der Waals surface area contributed by atoms with E-state index in [4.69, 9.17) is 9.47 Å². The molecule has 0 aliphatic heterocycles. The molecule has 0 aromatic heterocycles. The van der Waals surface area contributed by atoms with E-state index in [0.29, 0.717) is 21.5 Å². The van der Waals surface area contributed by atoms with Crippen molar-refractivity contribution in [2.45, 2.75) is 59.3 Å². The van der Waals surface area contributed by atoms with Crippen molar-refractivity contribution in [2.24, 2.45) is 22.7 Å². The molecule has 174 valence electrons. The third-order valence-electron chi connectivity index (χ3n) is 6.58. The van der Waals surface area contributed by atoms with Crippen molar-refractivity contribution in [2.75, 3.05) is 14.2 Å². The third-order valence-corrected chi connectivity index (χ3v) is 7.20. The van der Waals surface area contributed by atoms with Gasteiger partial charge in [0.2, 0.25) is 0 Å². The third kappa shape index (κ3) is 4.68. The minimum Gasteiger partial charge on any atom is -0.496 e. The Hall–Kier alpha value is -2.02. The van der Waals surface area contributed by atoms with Crippen molar-refractivity contribution in [1.82, 2.24) is 0 Å². The summed E-state index contributed by atoms with van der Waals surface area (Å²) >= 11 is 3.46. The van der Waals surface area contributed by atoms with Gasteiger partial charge >= 0.3 is 0 Å². The van der Waals surface area contributed by atoms with Gasteiger partial charge in [0, 0.05) is 43.2 Å². The van der Waals surface area contributed by atoms with Crippen LogP contribution < -0.4 is 9.47 Å². The smallest absolute Gasteiger partial charge is 0.144 e. The van der Waals surface area contributed by atoms with Crippen LogP contribution in [0.25, 0.3) is 0 Å². The average molecular weight is 507 g/mol. The van der Waals surface area contributed by atoms with Crippen molar-refractivity contribution >= 4 is 39.1 Å². The molecule has 1 aromatic carbocycles. The van der Waals surface area contributed by atoms with Crippen LogP contribution in [0.5, 0.6) is 11.5 Å². The highest BCUT2D eigenvalue weighted by molar-refractivity contribution is 9.10. The van der Waals surface area contributed by atoms with Gasteiger partial charge in [-0.05, 0) is 32.8 Å². The summed E-state index contributed by atoms with van der Waals surface area (Å²) in [6.45, 7) is 7.55. The van der Waals surface area contributed by atoms with Crippen molar-refractivity contribution in [3.63, 3.8) is 0 Å². The summed E-state index contributed by atoms with van der Waals surface area (Å²) in [6, 6.07) is 3.36. The fraction of sp³-hybridized carbons (Fsp3) is 0.600. The van der Waals surface area contributed by atoms with Crippen LogP contribution in [0.1, 0.15) is 64.9 Å². The Morgan fingerprint density at radius 3 is 1.47 bits per heavy atom. The average Bonchev–Trinajstić information content (AvgIpc) is 2.63. The number of carbonyl (C=O) groups excluding carboxylic acids is 4. The van der Waals surface area contributed by atoms with E-state index in [2.05, 4.69) is 15.9 Å². The number of hydrogen-bond donors (Lipinski definition) is 0. The van der Waals surface area contributed by atoms with Crippen LogP contribution >= 0.6 is 15.9 Å². The highest BCUT2D eigenvalue weighted by atomic mass is 79.9. The molecule has 2 aliphatic rings. The van der Waals surface area contributed by atoms with Crippen LogP contribution in [0.15, 0.2) is 16.6 Å². The van der Waals surface area contributed by atoms with Crippen LogP contribution in [0.3, 0.4) is 0 Å². The number of ether oxygens (including phenoxy) is 2. The Kier molecular flexibility index (Phi) is 6.72. The van der Waals surface area contributed by atoms with E-state index in [1.165, 1.54) is 14.2 Å². The Balaban J connectivity index is 2.21. The molecule has 0 amide bonds. The first-order valence-electron chi connectivity index (χ1n) is 10.8. The van der Waals surface area contributed by atoms with E-state index in [9.17, 15) is 19.2 Å². The second-order valence-corrected chi connectivity index (χ2v) is 11.5. The van der Waals surface area contributed by atoms with E-state index in [1.54, 1.807) is 12.1 Å². The van der Waals surface area contributed by atoms with Gasteiger partial charge in [-0.1, -0.05) is 27.7 Å². The molecule has 3 rings (SSSR count). The molecule has 0 spiro atoms. The summed E-state index contributed by atoms with van der Waals surface area (Å²) in [7, 11) is 2.99. The number of ketones is 4. The summed E-state index contributed by atoms with van der Waals surface area (Å²) < 4.78 is 11.5. The van der Waals surface area contributed by atoms with Crippen molar-refractivity contribution in [1.29, 1.82) is 0 Å². The molecule has 0 unspecified atom stereocenters. The van der Waals surface area contributed by atoms with Gasteiger partial charge < -0.3 is 9.47 Å². The topological polar surface area (TPSA) is 86.7 Å². The molecular weight excluding hydrogens is 476 g/mol. The van der Waals surface area contributed by atoms with Gasteiger partial charge in [0.15, 0.2) is 0 Å². The lowest BCUT2D eigenvalue weighted by Gasteiger charge is -2.41. The second kappa shape index (κ2) is 8.73. The summed E-state index contributed by atoms with van der Waals surface area (Å²) in [5, 5.41) is 0. The molecule has 0 radical (unpaired) electrons. The van der Waals surface area contributed by atoms with Gasteiger partial charge in [-0.25, -0.2) is 0 Å². The lowest BCUT2D eigenvalue weighted by Crippen LogP contribution is -2.48. The molecule has 32 heavy (non-hydrogen) atoms. The van der Waals surface area contributed by atoms with Gasteiger partial charge in [0.05, 0.1) is 30.5 Å². The van der Waals surface area contributed by atoms with Crippen molar-refractivity contribution in [3.05, 3.63) is 22.2 Å². The number of carbonyl (C=O) groups is 4. The normalized spacial score (nSPS) is 21.9. The standard InChI is InChI=1S/C25H31BrO6/c1-24(2)9-15(27)22(16(28)10-24)21(23-17(29)11-25(3,4)12-18(23)30)13-7-14(26)20(32-6)8-19(13)31-5/h7-8,21-23H,9-12H2,1-6H3. The summed E-state index contributed by atoms with van der Waals surface area (Å²) in [6.07, 6.45) is 0.889. The van der Waals surface area contributed by atoms with E-state index in [1.807, 2.05) is 27.7 Å². The number of Topliss-reactive ketones (excluding diaryl/α,β-unsaturated/α-hetero) is 4. The molecule has 2 saturated carbocycles.